The zero-order valence-corrected chi connectivity index (χ0v) is 12.6. The molecular formula is C13H11NO5S2. The smallest absolute Gasteiger partial charge is 0.283 e. The van der Waals surface area contributed by atoms with Crippen molar-refractivity contribution in [3.63, 3.8) is 0 Å². The van der Waals surface area contributed by atoms with E-state index >= 15 is 0 Å². The first-order valence-electron chi connectivity index (χ1n) is 5.76. The largest absolute Gasteiger partial charge is 0.495 e. The molecule has 0 amide bonds. The van der Waals surface area contributed by atoms with Crippen LogP contribution in [0.1, 0.15) is 0 Å². The molecule has 0 N–H and O–H groups in total. The number of nitrogens with zero attached hydrogens (tertiary/aromatic N) is 1. The zero-order valence-electron chi connectivity index (χ0n) is 10.9. The number of hydrogen-bond acceptors (Lipinski definition) is 6. The second-order valence-electron chi connectivity index (χ2n) is 3.91. The third-order valence-corrected chi connectivity index (χ3v) is 5.96. The molecule has 0 fully saturated rings. The summed E-state index contributed by atoms with van der Waals surface area (Å²) >= 11 is 0. The molecule has 0 saturated heterocycles. The van der Waals surface area contributed by atoms with Crippen molar-refractivity contribution in [1.82, 2.24) is 0 Å². The summed E-state index contributed by atoms with van der Waals surface area (Å²) < 4.78 is 29.9. The molecule has 8 heteroatoms. The Labute approximate surface area is 125 Å². The van der Waals surface area contributed by atoms with Gasteiger partial charge in [-0.05, 0) is 18.2 Å². The highest BCUT2D eigenvalue weighted by Gasteiger charge is 2.25. The Morgan fingerprint density at radius 1 is 1.10 bits per heavy atom. The Morgan fingerprint density at radius 3 is 2.38 bits per heavy atom. The van der Waals surface area contributed by atoms with Crippen LogP contribution in [0.3, 0.4) is 0 Å². The van der Waals surface area contributed by atoms with E-state index in [4.69, 9.17) is 4.74 Å². The molecule has 0 unspecified atom stereocenters. The Bertz CT molecular complexity index is 774. The van der Waals surface area contributed by atoms with Crippen LogP contribution in [-0.4, -0.2) is 20.5 Å². The molecule has 0 heterocycles. The van der Waals surface area contributed by atoms with Crippen LogP contribution in [0.2, 0.25) is 0 Å². The topological polar surface area (TPSA) is 86.5 Å². The Hall–Kier alpha value is -2.06. The lowest BCUT2D eigenvalue weighted by Crippen LogP contribution is -2.00. The first kappa shape index (κ1) is 15.3. The normalized spacial score (nSPS) is 11.1. The first-order valence-corrected chi connectivity index (χ1v) is 8.58. The maximum absolute atomic E-state index is 12.4. The lowest BCUT2D eigenvalue weighted by molar-refractivity contribution is -0.387. The average Bonchev–Trinajstić information content (AvgIpc) is 2.47. The highest BCUT2D eigenvalue weighted by atomic mass is 33.1. The maximum Gasteiger partial charge on any atom is 0.283 e. The van der Waals surface area contributed by atoms with Crippen LogP contribution < -0.4 is 4.74 Å². The number of nitro benzene ring substituents is 1. The summed E-state index contributed by atoms with van der Waals surface area (Å²) in [6.07, 6.45) is 0. The van der Waals surface area contributed by atoms with Crippen molar-refractivity contribution < 1.29 is 18.1 Å². The predicted octanol–water partition coefficient (Wildman–Crippen LogP) is 3.08. The van der Waals surface area contributed by atoms with Gasteiger partial charge >= 0.3 is 0 Å². The summed E-state index contributed by atoms with van der Waals surface area (Å²) in [7, 11) is -2.03. The summed E-state index contributed by atoms with van der Waals surface area (Å²) in [5.41, 5.74) is -0.249. The van der Waals surface area contributed by atoms with Gasteiger partial charge in [0.05, 0.1) is 12.0 Å². The minimum absolute atomic E-state index is 0.0179. The minimum atomic E-state index is -3.82. The van der Waals surface area contributed by atoms with Gasteiger partial charge in [-0.25, -0.2) is 8.42 Å². The Balaban J connectivity index is 2.45. The van der Waals surface area contributed by atoms with E-state index < -0.39 is 13.8 Å². The van der Waals surface area contributed by atoms with E-state index in [9.17, 15) is 18.5 Å². The van der Waals surface area contributed by atoms with Crippen molar-refractivity contribution in [3.05, 3.63) is 58.6 Å². The fourth-order valence-corrected chi connectivity index (χ4v) is 4.81. The number of para-hydroxylation sites is 2. The molecule has 0 atom stereocenters. The van der Waals surface area contributed by atoms with Gasteiger partial charge in [-0.2, -0.15) is 0 Å². The average molecular weight is 325 g/mol. The molecule has 0 bridgehead atoms. The van der Waals surface area contributed by atoms with Crippen molar-refractivity contribution in [2.45, 2.75) is 9.79 Å². The van der Waals surface area contributed by atoms with Crippen molar-refractivity contribution in [2.75, 3.05) is 7.11 Å². The number of methoxy groups -OCH3 is 1. The van der Waals surface area contributed by atoms with Crippen LogP contribution in [-0.2, 0) is 8.87 Å². The van der Waals surface area contributed by atoms with Gasteiger partial charge in [0.2, 0.25) is 8.87 Å². The summed E-state index contributed by atoms with van der Waals surface area (Å²) in [6, 6.07) is 11.8. The number of benzene rings is 2. The quantitative estimate of drug-likeness (QED) is 0.477. The molecule has 0 saturated carbocycles. The van der Waals surface area contributed by atoms with Crippen LogP contribution >= 0.6 is 10.8 Å². The van der Waals surface area contributed by atoms with Gasteiger partial charge in [-0.15, -0.1) is 0 Å². The van der Waals surface area contributed by atoms with E-state index in [2.05, 4.69) is 0 Å². The highest BCUT2D eigenvalue weighted by Crippen LogP contribution is 2.39. The van der Waals surface area contributed by atoms with Crippen LogP contribution in [0.4, 0.5) is 5.69 Å². The molecule has 0 radical (unpaired) electrons. The highest BCUT2D eigenvalue weighted by molar-refractivity contribution is 8.72. The molecule has 6 nitrogen and oxygen atoms in total. The van der Waals surface area contributed by atoms with Gasteiger partial charge in [0.1, 0.15) is 15.5 Å². The van der Waals surface area contributed by atoms with E-state index in [0.29, 0.717) is 10.8 Å². The first-order chi connectivity index (χ1) is 9.95. The SMILES string of the molecule is COc1ccccc1S(=O)(=O)Sc1ccccc1[N+](=O)[O-]. The molecule has 0 spiro atoms. The zero-order chi connectivity index (χ0) is 15.5. The molecule has 21 heavy (non-hydrogen) atoms. The standard InChI is InChI=1S/C13H11NO5S2/c1-19-11-7-3-5-9-13(11)21(17,18)20-12-8-4-2-6-10(12)14(15)16/h2-9H,1H3. The van der Waals surface area contributed by atoms with Crippen LogP contribution in [0.5, 0.6) is 5.75 Å². The molecule has 110 valence electrons. The van der Waals surface area contributed by atoms with Crippen molar-refractivity contribution in [2.24, 2.45) is 0 Å². The fraction of sp³-hybridized carbons (Fsp3) is 0.0769. The van der Waals surface area contributed by atoms with Gasteiger partial charge in [0, 0.05) is 16.9 Å². The Kier molecular flexibility index (Phi) is 4.49. The Morgan fingerprint density at radius 2 is 1.71 bits per heavy atom. The lowest BCUT2D eigenvalue weighted by Gasteiger charge is -2.08. The molecule has 2 aromatic rings. The molecule has 2 rings (SSSR count). The van der Waals surface area contributed by atoms with Crippen LogP contribution in [0, 0.1) is 10.1 Å². The second-order valence-corrected chi connectivity index (χ2v) is 7.68. The molecule has 0 aliphatic carbocycles. The van der Waals surface area contributed by atoms with Crippen LogP contribution in [0.25, 0.3) is 0 Å². The van der Waals surface area contributed by atoms with E-state index in [1.54, 1.807) is 18.2 Å². The number of rotatable bonds is 5. The van der Waals surface area contributed by atoms with Crippen molar-refractivity contribution in [1.29, 1.82) is 0 Å². The summed E-state index contributed by atoms with van der Waals surface area (Å²) in [4.78, 5) is 10.4. The summed E-state index contributed by atoms with van der Waals surface area (Å²) in [6.45, 7) is 0. The number of ether oxygens (including phenoxy) is 1. The molecule has 0 aromatic heterocycles. The monoisotopic (exact) mass is 325 g/mol. The lowest BCUT2D eigenvalue weighted by atomic mass is 10.3. The molecule has 0 aliphatic heterocycles. The van der Waals surface area contributed by atoms with Gasteiger partial charge in [-0.3, -0.25) is 10.1 Å². The van der Waals surface area contributed by atoms with Crippen LogP contribution in [0.15, 0.2) is 58.3 Å². The molecular weight excluding hydrogens is 314 g/mol. The van der Waals surface area contributed by atoms with Gasteiger partial charge in [0.15, 0.2) is 0 Å². The molecule has 2 aromatic carbocycles. The van der Waals surface area contributed by atoms with E-state index in [-0.39, 0.29) is 21.2 Å². The maximum atomic E-state index is 12.4. The molecule has 0 aliphatic rings. The summed E-state index contributed by atoms with van der Waals surface area (Å²) in [5.74, 6) is 0.198. The number of hydrogen-bond donors (Lipinski definition) is 0. The predicted molar refractivity (Wildman–Crippen MR) is 79.1 cm³/mol. The van der Waals surface area contributed by atoms with Gasteiger partial charge in [-0.1, -0.05) is 24.3 Å². The van der Waals surface area contributed by atoms with E-state index in [1.807, 2.05) is 0 Å². The third kappa shape index (κ3) is 3.34. The fourth-order valence-electron chi connectivity index (χ4n) is 1.67. The van der Waals surface area contributed by atoms with E-state index in [0.717, 1.165) is 0 Å². The van der Waals surface area contributed by atoms with Crippen molar-refractivity contribution in [3.8, 4) is 5.75 Å². The minimum Gasteiger partial charge on any atom is -0.495 e. The van der Waals surface area contributed by atoms with Crippen molar-refractivity contribution >= 4 is 25.4 Å². The van der Waals surface area contributed by atoms with Gasteiger partial charge < -0.3 is 4.74 Å². The number of nitro groups is 1. The van der Waals surface area contributed by atoms with E-state index in [1.165, 1.54) is 37.4 Å². The third-order valence-electron chi connectivity index (χ3n) is 2.60. The summed E-state index contributed by atoms with van der Waals surface area (Å²) in [5, 5.41) is 10.9. The second kappa shape index (κ2) is 6.15. The van der Waals surface area contributed by atoms with Gasteiger partial charge in [0.25, 0.3) is 5.69 Å².